The fourth-order valence-electron chi connectivity index (χ4n) is 3.15. The molecule has 23 heavy (non-hydrogen) atoms. The van der Waals surface area contributed by atoms with Crippen molar-refractivity contribution in [3.63, 3.8) is 0 Å². The second kappa shape index (κ2) is 8.20. The number of amides is 2. The molecule has 0 aromatic heterocycles. The first kappa shape index (κ1) is 16.1. The van der Waals surface area contributed by atoms with Crippen LogP contribution in [0.1, 0.15) is 25.7 Å². The lowest BCUT2D eigenvalue weighted by atomic mass is 9.98. The van der Waals surface area contributed by atoms with E-state index >= 15 is 0 Å². The Balaban J connectivity index is 1.33. The minimum absolute atomic E-state index is 0.0444. The second-order valence-corrected chi connectivity index (χ2v) is 6.38. The molecule has 1 atom stereocenters. The summed E-state index contributed by atoms with van der Waals surface area (Å²) in [7, 11) is 0. The molecule has 1 aromatic rings. The van der Waals surface area contributed by atoms with Crippen LogP contribution in [0.5, 0.6) is 5.75 Å². The molecule has 1 N–H and O–H groups in total. The number of nitrogens with one attached hydrogen (secondary N) is 1. The van der Waals surface area contributed by atoms with E-state index in [-0.39, 0.29) is 12.1 Å². The van der Waals surface area contributed by atoms with Crippen LogP contribution in [0.3, 0.4) is 0 Å². The number of urea groups is 1. The first-order valence-corrected chi connectivity index (χ1v) is 8.63. The van der Waals surface area contributed by atoms with Gasteiger partial charge in [-0.3, -0.25) is 0 Å². The van der Waals surface area contributed by atoms with Gasteiger partial charge >= 0.3 is 6.03 Å². The van der Waals surface area contributed by atoms with E-state index in [1.54, 1.807) is 0 Å². The van der Waals surface area contributed by atoms with Crippen LogP contribution in [0.2, 0.25) is 0 Å². The number of carbonyl (C=O) groups excluding carboxylic acids is 1. The molecule has 0 saturated carbocycles. The van der Waals surface area contributed by atoms with Gasteiger partial charge in [-0.05, 0) is 43.7 Å². The van der Waals surface area contributed by atoms with Gasteiger partial charge in [-0.1, -0.05) is 18.2 Å². The van der Waals surface area contributed by atoms with Crippen LogP contribution in [-0.4, -0.2) is 49.9 Å². The second-order valence-electron chi connectivity index (χ2n) is 6.38. The molecule has 1 aromatic carbocycles. The summed E-state index contributed by atoms with van der Waals surface area (Å²) in [5, 5.41) is 3.00. The molecule has 2 saturated heterocycles. The van der Waals surface area contributed by atoms with Crippen molar-refractivity contribution in [2.75, 3.05) is 32.8 Å². The zero-order valence-corrected chi connectivity index (χ0v) is 13.6. The summed E-state index contributed by atoms with van der Waals surface area (Å²) in [4.78, 5) is 14.1. The minimum Gasteiger partial charge on any atom is -0.493 e. The molecule has 2 aliphatic heterocycles. The Morgan fingerprint density at radius 3 is 2.70 bits per heavy atom. The number of ether oxygens (including phenoxy) is 2. The maximum atomic E-state index is 12.2. The third-order valence-electron chi connectivity index (χ3n) is 4.64. The zero-order valence-electron chi connectivity index (χ0n) is 13.6. The first-order valence-electron chi connectivity index (χ1n) is 8.63. The van der Waals surface area contributed by atoms with E-state index in [2.05, 4.69) is 5.32 Å². The van der Waals surface area contributed by atoms with E-state index in [0.717, 1.165) is 57.7 Å². The average molecular weight is 318 g/mol. The topological polar surface area (TPSA) is 50.8 Å². The summed E-state index contributed by atoms with van der Waals surface area (Å²) in [5.74, 6) is 1.45. The Hall–Kier alpha value is -1.75. The van der Waals surface area contributed by atoms with Crippen molar-refractivity contribution >= 4 is 6.03 Å². The van der Waals surface area contributed by atoms with Gasteiger partial charge in [-0.2, -0.15) is 0 Å². The van der Waals surface area contributed by atoms with Crippen LogP contribution >= 0.6 is 0 Å². The summed E-state index contributed by atoms with van der Waals surface area (Å²) in [6.45, 7) is 3.80. The van der Waals surface area contributed by atoms with Crippen molar-refractivity contribution in [3.05, 3.63) is 30.3 Å². The van der Waals surface area contributed by atoms with E-state index in [0.29, 0.717) is 12.5 Å². The predicted octanol–water partition coefficient (Wildman–Crippen LogP) is 2.67. The van der Waals surface area contributed by atoms with Crippen molar-refractivity contribution in [2.24, 2.45) is 5.92 Å². The number of hydrogen-bond donors (Lipinski definition) is 1. The highest BCUT2D eigenvalue weighted by molar-refractivity contribution is 5.74. The molecule has 3 rings (SSSR count). The van der Waals surface area contributed by atoms with Crippen LogP contribution in [-0.2, 0) is 4.74 Å². The van der Waals surface area contributed by atoms with Crippen LogP contribution in [0.25, 0.3) is 0 Å². The summed E-state index contributed by atoms with van der Waals surface area (Å²) in [5.41, 5.74) is 0. The standard InChI is InChI=1S/C18H26N2O3/c21-18(19-13-17-7-4-12-22-17)20-10-8-15(9-11-20)14-23-16-5-2-1-3-6-16/h1-3,5-6,15,17H,4,7-14H2,(H,19,21)/t17-/m0/s1. The van der Waals surface area contributed by atoms with Gasteiger partial charge in [0.1, 0.15) is 5.75 Å². The van der Waals surface area contributed by atoms with E-state index in [4.69, 9.17) is 9.47 Å². The third-order valence-corrected chi connectivity index (χ3v) is 4.64. The number of likely N-dealkylation sites (tertiary alicyclic amines) is 1. The number of nitrogens with zero attached hydrogens (tertiary/aromatic N) is 1. The molecular formula is C18H26N2O3. The SMILES string of the molecule is O=C(NC[C@@H]1CCCO1)N1CCC(COc2ccccc2)CC1. The van der Waals surface area contributed by atoms with E-state index < -0.39 is 0 Å². The molecule has 0 spiro atoms. The van der Waals surface area contributed by atoms with Gasteiger partial charge in [0.25, 0.3) is 0 Å². The van der Waals surface area contributed by atoms with Crippen molar-refractivity contribution in [1.29, 1.82) is 0 Å². The summed E-state index contributed by atoms with van der Waals surface area (Å²) >= 11 is 0. The molecule has 2 heterocycles. The number of para-hydroxylation sites is 1. The van der Waals surface area contributed by atoms with E-state index in [9.17, 15) is 4.79 Å². The Bertz CT molecular complexity index is 480. The van der Waals surface area contributed by atoms with Crippen LogP contribution in [0, 0.1) is 5.92 Å². The fourth-order valence-corrected chi connectivity index (χ4v) is 3.15. The summed E-state index contributed by atoms with van der Waals surface area (Å²) in [6, 6.07) is 9.96. The molecule has 0 aliphatic carbocycles. The highest BCUT2D eigenvalue weighted by atomic mass is 16.5. The van der Waals surface area contributed by atoms with Gasteiger partial charge < -0.3 is 19.7 Å². The number of piperidine rings is 1. The van der Waals surface area contributed by atoms with Gasteiger partial charge in [0.15, 0.2) is 0 Å². The smallest absolute Gasteiger partial charge is 0.317 e. The minimum atomic E-state index is 0.0444. The molecule has 5 nitrogen and oxygen atoms in total. The number of carbonyl (C=O) groups is 1. The largest absolute Gasteiger partial charge is 0.493 e. The first-order chi connectivity index (χ1) is 11.3. The lowest BCUT2D eigenvalue weighted by molar-refractivity contribution is 0.105. The van der Waals surface area contributed by atoms with Gasteiger partial charge in [0.05, 0.1) is 12.7 Å². The summed E-state index contributed by atoms with van der Waals surface area (Å²) < 4.78 is 11.4. The highest BCUT2D eigenvalue weighted by Gasteiger charge is 2.24. The molecule has 0 unspecified atom stereocenters. The fraction of sp³-hybridized carbons (Fsp3) is 0.611. The van der Waals surface area contributed by atoms with Gasteiger partial charge in [0.2, 0.25) is 0 Å². The third kappa shape index (κ3) is 4.86. The number of rotatable bonds is 5. The average Bonchev–Trinajstić information content (AvgIpc) is 3.13. The quantitative estimate of drug-likeness (QED) is 0.908. The van der Waals surface area contributed by atoms with Gasteiger partial charge in [-0.25, -0.2) is 4.79 Å². The molecule has 0 bridgehead atoms. The van der Waals surface area contributed by atoms with Crippen LogP contribution in [0.4, 0.5) is 4.79 Å². The molecule has 2 fully saturated rings. The molecular weight excluding hydrogens is 292 g/mol. The van der Waals surface area contributed by atoms with Crippen molar-refractivity contribution in [1.82, 2.24) is 10.2 Å². The van der Waals surface area contributed by atoms with Crippen LogP contribution in [0.15, 0.2) is 30.3 Å². The highest BCUT2D eigenvalue weighted by Crippen LogP contribution is 2.19. The lowest BCUT2D eigenvalue weighted by Gasteiger charge is -2.32. The Morgan fingerprint density at radius 2 is 2.00 bits per heavy atom. The normalized spacial score (nSPS) is 22.1. The van der Waals surface area contributed by atoms with Gasteiger partial charge in [0, 0.05) is 26.2 Å². The van der Waals surface area contributed by atoms with Crippen LogP contribution < -0.4 is 10.1 Å². The van der Waals surface area contributed by atoms with Gasteiger partial charge in [-0.15, -0.1) is 0 Å². The summed E-state index contributed by atoms with van der Waals surface area (Å²) in [6.07, 6.45) is 4.36. The van der Waals surface area contributed by atoms with Crippen molar-refractivity contribution in [3.8, 4) is 5.75 Å². The molecule has 126 valence electrons. The maximum absolute atomic E-state index is 12.2. The predicted molar refractivity (Wildman–Crippen MR) is 88.6 cm³/mol. The molecule has 2 aliphatic rings. The number of benzene rings is 1. The molecule has 5 heteroatoms. The zero-order chi connectivity index (χ0) is 15.9. The van der Waals surface area contributed by atoms with E-state index in [1.165, 1.54) is 0 Å². The van der Waals surface area contributed by atoms with E-state index in [1.807, 2.05) is 35.2 Å². The molecule has 0 radical (unpaired) electrons. The maximum Gasteiger partial charge on any atom is 0.317 e. The lowest BCUT2D eigenvalue weighted by Crippen LogP contribution is -2.46. The number of hydrogen-bond acceptors (Lipinski definition) is 3. The Kier molecular flexibility index (Phi) is 5.75. The van der Waals surface area contributed by atoms with Crippen molar-refractivity contribution in [2.45, 2.75) is 31.8 Å². The Labute approximate surface area is 137 Å². The monoisotopic (exact) mass is 318 g/mol. The molecule has 2 amide bonds. The Morgan fingerprint density at radius 1 is 1.22 bits per heavy atom. The van der Waals surface area contributed by atoms with Crippen molar-refractivity contribution < 1.29 is 14.3 Å².